The molecule has 0 spiro atoms. The lowest BCUT2D eigenvalue weighted by molar-refractivity contribution is -0.235. The molecule has 1 aromatic rings. The molecule has 5 saturated carbocycles. The maximum Gasteiger partial charge on any atom is 0.335 e. The summed E-state index contributed by atoms with van der Waals surface area (Å²) in [5, 5.41) is 13.2. The van der Waals surface area contributed by atoms with Crippen LogP contribution in [0.4, 0.5) is 0 Å². The number of amides is 1. The van der Waals surface area contributed by atoms with Gasteiger partial charge in [0.25, 0.3) is 0 Å². The molecule has 0 unspecified atom stereocenters. The van der Waals surface area contributed by atoms with Gasteiger partial charge in [0.2, 0.25) is 5.91 Å². The molecule has 10 atom stereocenters. The minimum Gasteiger partial charge on any atom is -0.478 e. The molecule has 0 radical (unpaired) electrons. The average Bonchev–Trinajstić information content (AvgIpc) is 3.42. The third-order valence-corrected chi connectivity index (χ3v) is 18.8. The number of hydrogen-bond donors (Lipinski definition) is 4. The van der Waals surface area contributed by atoms with Crippen LogP contribution >= 0.6 is 10.6 Å². The second-order valence-electron chi connectivity index (χ2n) is 19.7. The largest absolute Gasteiger partial charge is 0.478 e. The van der Waals surface area contributed by atoms with E-state index in [-0.39, 0.29) is 33.1 Å². The normalized spacial score (nSPS) is 44.3. The van der Waals surface area contributed by atoms with Crippen LogP contribution in [0.15, 0.2) is 24.3 Å². The quantitative estimate of drug-likeness (QED) is 0.235. The summed E-state index contributed by atoms with van der Waals surface area (Å²) in [6.07, 6.45) is 12.0. The molecule has 8 heteroatoms. The van der Waals surface area contributed by atoms with Crippen molar-refractivity contribution in [1.29, 1.82) is 0 Å². The van der Waals surface area contributed by atoms with E-state index in [2.05, 4.69) is 70.8 Å². The lowest BCUT2D eigenvalue weighted by Crippen LogP contribution is -2.69. The fourth-order valence-electron chi connectivity index (χ4n) is 14.5. The van der Waals surface area contributed by atoms with Crippen molar-refractivity contribution < 1.29 is 23.8 Å². The van der Waals surface area contributed by atoms with Crippen LogP contribution < -0.4 is 5.32 Å². The Morgan fingerprint density at radius 1 is 0.840 bits per heavy atom. The monoisotopic (exact) mass is 710 g/mol. The van der Waals surface area contributed by atoms with Crippen molar-refractivity contribution >= 4 is 22.5 Å². The van der Waals surface area contributed by atoms with Crippen molar-refractivity contribution in [1.82, 2.24) is 10.2 Å². The molecule has 6 aliphatic rings. The predicted molar refractivity (Wildman–Crippen MR) is 203 cm³/mol. The van der Waals surface area contributed by atoms with Crippen LogP contribution in [0, 0.1) is 57.2 Å². The number of nitrogens with zero attached hydrogens (tertiary/aromatic N) is 1. The Morgan fingerprint density at radius 3 is 2.16 bits per heavy atom. The van der Waals surface area contributed by atoms with E-state index in [1.165, 1.54) is 50.5 Å². The van der Waals surface area contributed by atoms with Crippen LogP contribution in [0.3, 0.4) is 0 Å². The molecule has 6 fully saturated rings. The second kappa shape index (κ2) is 12.5. The number of rotatable bonds is 6. The number of nitrogens with one attached hydrogen (secondary N) is 1. The van der Waals surface area contributed by atoms with Crippen molar-refractivity contribution in [2.75, 3.05) is 31.1 Å². The molecule has 1 aliphatic heterocycles. The van der Waals surface area contributed by atoms with Gasteiger partial charge < -0.3 is 10.4 Å². The highest BCUT2D eigenvalue weighted by Gasteiger charge is 2.71. The molecule has 280 valence electrons. The van der Waals surface area contributed by atoms with Crippen molar-refractivity contribution in [2.24, 2.45) is 57.2 Å². The molecule has 4 N–H and O–H groups in total. The highest BCUT2D eigenvalue weighted by Crippen LogP contribution is 2.77. The third-order valence-electron chi connectivity index (χ3n) is 17.2. The summed E-state index contributed by atoms with van der Waals surface area (Å²) in [5.74, 6) is 4.08. The first-order chi connectivity index (χ1) is 23.4. The summed E-state index contributed by atoms with van der Waals surface area (Å²) in [7, 11) is -2.48. The van der Waals surface area contributed by atoms with E-state index >= 15 is 0 Å². The molecule has 1 aromatic carbocycles. The Hall–Kier alpha value is -1.61. The molecule has 7 nitrogen and oxygen atoms in total. The van der Waals surface area contributed by atoms with Gasteiger partial charge in [0.1, 0.15) is 0 Å². The first-order valence-electron chi connectivity index (χ1n) is 20.0. The van der Waals surface area contributed by atoms with Gasteiger partial charge in [0.05, 0.1) is 23.6 Å². The van der Waals surface area contributed by atoms with Gasteiger partial charge in [0, 0.05) is 18.6 Å². The number of carboxylic acids is 1. The topological polar surface area (TPSA) is 110 Å². The fraction of sp³-hybridized carbons (Fsp3) is 0.810. The first kappa shape index (κ1) is 36.7. The van der Waals surface area contributed by atoms with Gasteiger partial charge in [-0.3, -0.25) is 18.8 Å². The van der Waals surface area contributed by atoms with Crippen molar-refractivity contribution in [3.8, 4) is 0 Å². The highest BCUT2D eigenvalue weighted by atomic mass is 32.3. The summed E-state index contributed by atoms with van der Waals surface area (Å²) >= 11 is 0. The van der Waals surface area contributed by atoms with Crippen LogP contribution in [-0.4, -0.2) is 67.7 Å². The highest BCUT2D eigenvalue weighted by molar-refractivity contribution is 8.24. The van der Waals surface area contributed by atoms with Crippen LogP contribution in [0.1, 0.15) is 135 Å². The van der Waals surface area contributed by atoms with E-state index in [4.69, 9.17) is 0 Å². The Labute approximate surface area is 303 Å². The summed E-state index contributed by atoms with van der Waals surface area (Å²) in [4.78, 5) is 27.5. The minimum atomic E-state index is -2.48. The lowest BCUT2D eigenvalue weighted by atomic mass is 9.32. The number of fused-ring (bicyclic) bond motifs is 7. The SMILES string of the molecule is CC(C)[C@@H]1CC[C@]2(NC(=O)CN3CCS(O)(O)CC3)CC[C@]3(C)[C@H](CC[C@@H]4[C@@]5(C)CC[C@H](c6ccc(C(=O)O)cc6)C(C)(C)[C@@H]5CC[C@]43C)[C@@H]12. The van der Waals surface area contributed by atoms with Gasteiger partial charge in [-0.25, -0.2) is 4.79 Å². The zero-order chi connectivity index (χ0) is 36.1. The predicted octanol–water partition coefficient (Wildman–Crippen LogP) is 9.14. The van der Waals surface area contributed by atoms with E-state index in [1.807, 2.05) is 0 Å². The summed E-state index contributed by atoms with van der Waals surface area (Å²) in [5.41, 5.74) is 2.42. The van der Waals surface area contributed by atoms with Gasteiger partial charge in [-0.15, -0.1) is 0 Å². The second-order valence-corrected chi connectivity index (χ2v) is 22.1. The average molecular weight is 711 g/mol. The summed E-state index contributed by atoms with van der Waals surface area (Å²) in [6.45, 7) is 19.4. The van der Waals surface area contributed by atoms with Gasteiger partial charge >= 0.3 is 5.97 Å². The van der Waals surface area contributed by atoms with E-state index < -0.39 is 16.6 Å². The number of carbonyl (C=O) groups is 2. The maximum absolute atomic E-state index is 13.8. The third kappa shape index (κ3) is 5.62. The molecule has 0 aromatic heterocycles. The Kier molecular flexibility index (Phi) is 9.17. The zero-order valence-electron chi connectivity index (χ0n) is 32.0. The van der Waals surface area contributed by atoms with E-state index in [1.54, 1.807) is 12.1 Å². The molecule has 1 heterocycles. The Balaban J connectivity index is 1.13. The maximum atomic E-state index is 13.8. The molecule has 0 bridgehead atoms. The molecule has 1 amide bonds. The van der Waals surface area contributed by atoms with Crippen LogP contribution in [-0.2, 0) is 4.79 Å². The smallest absolute Gasteiger partial charge is 0.335 e. The molecular formula is C42H66N2O5S. The minimum absolute atomic E-state index is 0.128. The van der Waals surface area contributed by atoms with Crippen molar-refractivity contribution in [2.45, 2.75) is 124 Å². The first-order valence-corrected chi connectivity index (χ1v) is 21.9. The van der Waals surface area contributed by atoms with Crippen LogP contribution in [0.5, 0.6) is 0 Å². The summed E-state index contributed by atoms with van der Waals surface area (Å²) < 4.78 is 20.2. The molecule has 5 aliphatic carbocycles. The lowest BCUT2D eigenvalue weighted by Gasteiger charge is -2.73. The number of benzene rings is 1. The summed E-state index contributed by atoms with van der Waals surface area (Å²) in [6, 6.07) is 7.76. The number of carbonyl (C=O) groups excluding carboxylic acids is 1. The van der Waals surface area contributed by atoms with E-state index in [9.17, 15) is 23.8 Å². The number of carboxylic acid groups (broad SMARTS) is 1. The van der Waals surface area contributed by atoms with E-state index in [0.29, 0.717) is 78.1 Å². The zero-order valence-corrected chi connectivity index (χ0v) is 32.8. The Morgan fingerprint density at radius 2 is 1.52 bits per heavy atom. The van der Waals surface area contributed by atoms with Gasteiger partial charge in [-0.05, 0) is 145 Å². The van der Waals surface area contributed by atoms with Crippen LogP contribution in [0.25, 0.3) is 0 Å². The van der Waals surface area contributed by atoms with E-state index in [0.717, 1.165) is 19.3 Å². The van der Waals surface area contributed by atoms with Crippen molar-refractivity contribution in [3.63, 3.8) is 0 Å². The van der Waals surface area contributed by atoms with Crippen molar-refractivity contribution in [3.05, 3.63) is 35.4 Å². The van der Waals surface area contributed by atoms with Gasteiger partial charge in [0.15, 0.2) is 0 Å². The van der Waals surface area contributed by atoms with Gasteiger partial charge in [-0.1, -0.05) is 60.6 Å². The fourth-order valence-corrected chi connectivity index (χ4v) is 15.8. The number of aromatic carboxylic acids is 1. The standard InChI is InChI=1S/C42H66N2O5S/c1-27(2)30-14-19-42(43-35(45)26-44-22-24-50(48,49)25-23-44)21-20-40(6)32(36(30)42)12-13-34-39(5)17-15-31(28-8-10-29(11-9-28)37(46)47)38(3,4)33(39)16-18-41(34,40)7/h8-11,27,30-34,36,48-49H,12-26H2,1-7H3,(H,43,45)(H,46,47)/t30-,31+,32+,33-,34+,36+,39-,40+,41+,42-/m0/s1. The molecule has 1 saturated heterocycles. The van der Waals surface area contributed by atoms with Gasteiger partial charge in [-0.2, -0.15) is 10.6 Å². The molecule has 50 heavy (non-hydrogen) atoms. The number of hydrogen-bond acceptors (Lipinski definition) is 5. The molecule has 7 rings (SSSR count). The van der Waals surface area contributed by atoms with Crippen LogP contribution in [0.2, 0.25) is 0 Å². The Bertz CT molecular complexity index is 1470. The molecular weight excluding hydrogens is 645 g/mol.